The Morgan fingerprint density at radius 2 is 1.79 bits per heavy atom. The summed E-state index contributed by atoms with van der Waals surface area (Å²) in [6, 6.07) is 15.2. The van der Waals surface area contributed by atoms with Crippen LogP contribution in [0.2, 0.25) is 0 Å². The SMILES string of the molecule is Cc1ccc(C(=O)c2ccc(CC(=O)N/N=C/c3cccc(O)c3O)n2C)cc1. The van der Waals surface area contributed by atoms with E-state index in [-0.39, 0.29) is 35.2 Å². The van der Waals surface area contributed by atoms with Crippen molar-refractivity contribution in [3.63, 3.8) is 0 Å². The molecule has 0 radical (unpaired) electrons. The predicted octanol–water partition coefficient (Wildman–Crippen LogP) is 2.67. The standard InChI is InChI=1S/C22H21N3O4/c1-14-6-8-15(9-7-14)21(28)18-11-10-17(25(18)2)12-20(27)24-23-13-16-4-3-5-19(26)22(16)29/h3-11,13,26,29H,12H2,1-2H3,(H,24,27)/b23-13+. The first-order chi connectivity index (χ1) is 13.9. The first kappa shape index (κ1) is 19.9. The first-order valence-electron chi connectivity index (χ1n) is 8.95. The summed E-state index contributed by atoms with van der Waals surface area (Å²) in [5, 5.41) is 23.0. The maximum atomic E-state index is 12.7. The van der Waals surface area contributed by atoms with Gasteiger partial charge < -0.3 is 14.8 Å². The molecule has 0 saturated heterocycles. The normalized spacial score (nSPS) is 11.0. The molecule has 0 unspecified atom stereocenters. The largest absolute Gasteiger partial charge is 0.504 e. The summed E-state index contributed by atoms with van der Waals surface area (Å²) in [6.45, 7) is 1.96. The fourth-order valence-corrected chi connectivity index (χ4v) is 2.84. The molecule has 0 aliphatic carbocycles. The van der Waals surface area contributed by atoms with Gasteiger partial charge in [-0.15, -0.1) is 0 Å². The van der Waals surface area contributed by atoms with Gasteiger partial charge in [-0.05, 0) is 31.2 Å². The maximum absolute atomic E-state index is 12.7. The maximum Gasteiger partial charge on any atom is 0.245 e. The number of hydrazone groups is 1. The van der Waals surface area contributed by atoms with Crippen LogP contribution in [0.4, 0.5) is 0 Å². The molecular weight excluding hydrogens is 370 g/mol. The van der Waals surface area contributed by atoms with Gasteiger partial charge in [0.15, 0.2) is 11.5 Å². The molecule has 0 aliphatic rings. The van der Waals surface area contributed by atoms with Crippen LogP contribution in [0.1, 0.15) is 32.9 Å². The van der Waals surface area contributed by atoms with Crippen LogP contribution >= 0.6 is 0 Å². The molecule has 7 heteroatoms. The molecule has 1 amide bonds. The topological polar surface area (TPSA) is 104 Å². The van der Waals surface area contributed by atoms with Crippen LogP contribution in [0, 0.1) is 6.92 Å². The minimum atomic E-state index is -0.378. The molecule has 3 aromatic rings. The molecule has 0 aliphatic heterocycles. The Morgan fingerprint density at radius 1 is 1.07 bits per heavy atom. The molecule has 29 heavy (non-hydrogen) atoms. The Kier molecular flexibility index (Phi) is 5.78. The van der Waals surface area contributed by atoms with E-state index in [9.17, 15) is 19.8 Å². The van der Waals surface area contributed by atoms with E-state index >= 15 is 0 Å². The van der Waals surface area contributed by atoms with Crippen molar-refractivity contribution in [1.82, 2.24) is 9.99 Å². The molecule has 7 nitrogen and oxygen atoms in total. The Morgan fingerprint density at radius 3 is 2.52 bits per heavy atom. The molecule has 1 heterocycles. The number of nitrogens with one attached hydrogen (secondary N) is 1. The molecule has 0 saturated carbocycles. The fourth-order valence-electron chi connectivity index (χ4n) is 2.84. The van der Waals surface area contributed by atoms with Crippen molar-refractivity contribution in [1.29, 1.82) is 0 Å². The second-order valence-corrected chi connectivity index (χ2v) is 6.65. The molecule has 148 valence electrons. The summed E-state index contributed by atoms with van der Waals surface area (Å²) in [4.78, 5) is 24.8. The van der Waals surface area contributed by atoms with Crippen LogP contribution in [0.25, 0.3) is 0 Å². The number of carbonyl (C=O) groups excluding carboxylic acids is 2. The highest BCUT2D eigenvalue weighted by Crippen LogP contribution is 2.26. The zero-order chi connectivity index (χ0) is 21.0. The van der Waals surface area contributed by atoms with Crippen LogP contribution in [0.15, 0.2) is 59.7 Å². The summed E-state index contributed by atoms with van der Waals surface area (Å²) < 4.78 is 1.69. The van der Waals surface area contributed by atoms with Crippen molar-refractivity contribution >= 4 is 17.9 Å². The number of carbonyl (C=O) groups is 2. The van der Waals surface area contributed by atoms with Crippen molar-refractivity contribution < 1.29 is 19.8 Å². The van der Waals surface area contributed by atoms with E-state index in [2.05, 4.69) is 10.5 Å². The number of aromatic hydroxyl groups is 2. The minimum absolute atomic E-state index is 0.0288. The Bertz CT molecular complexity index is 1080. The van der Waals surface area contributed by atoms with Crippen LogP contribution in [-0.2, 0) is 18.3 Å². The van der Waals surface area contributed by atoms with Crippen molar-refractivity contribution in [3.8, 4) is 11.5 Å². The molecule has 3 N–H and O–H groups in total. The molecule has 2 aromatic carbocycles. The van der Waals surface area contributed by atoms with Gasteiger partial charge in [-0.2, -0.15) is 5.10 Å². The Labute approximate surface area is 167 Å². The molecule has 3 rings (SSSR count). The number of hydrogen-bond acceptors (Lipinski definition) is 5. The zero-order valence-electron chi connectivity index (χ0n) is 16.1. The van der Waals surface area contributed by atoms with E-state index in [1.165, 1.54) is 12.3 Å². The predicted molar refractivity (Wildman–Crippen MR) is 109 cm³/mol. The van der Waals surface area contributed by atoms with Crippen LogP contribution < -0.4 is 5.43 Å². The highest BCUT2D eigenvalue weighted by atomic mass is 16.3. The number of aromatic nitrogens is 1. The second kappa shape index (κ2) is 8.43. The number of nitrogens with zero attached hydrogens (tertiary/aromatic N) is 2. The van der Waals surface area contributed by atoms with Crippen molar-refractivity contribution in [2.45, 2.75) is 13.3 Å². The van der Waals surface area contributed by atoms with E-state index in [0.29, 0.717) is 17.0 Å². The third-order valence-electron chi connectivity index (χ3n) is 4.55. The molecule has 1 aromatic heterocycles. The van der Waals surface area contributed by atoms with Gasteiger partial charge in [0.1, 0.15) is 0 Å². The summed E-state index contributed by atoms with van der Waals surface area (Å²) >= 11 is 0. The summed E-state index contributed by atoms with van der Waals surface area (Å²) in [7, 11) is 1.73. The average molecular weight is 391 g/mol. The number of benzene rings is 2. The van der Waals surface area contributed by atoms with E-state index in [4.69, 9.17) is 0 Å². The number of amides is 1. The number of aryl methyl sites for hydroxylation is 1. The van der Waals surface area contributed by atoms with Gasteiger partial charge in [0.25, 0.3) is 0 Å². The summed E-state index contributed by atoms with van der Waals surface area (Å²) in [5.74, 6) is -1.07. The third-order valence-corrected chi connectivity index (χ3v) is 4.55. The monoisotopic (exact) mass is 391 g/mol. The molecule has 0 fully saturated rings. The lowest BCUT2D eigenvalue weighted by Crippen LogP contribution is -2.21. The van der Waals surface area contributed by atoms with Gasteiger partial charge in [0, 0.05) is 23.9 Å². The number of hydrogen-bond donors (Lipinski definition) is 3. The van der Waals surface area contributed by atoms with Gasteiger partial charge in [-0.25, -0.2) is 5.43 Å². The average Bonchev–Trinajstić information content (AvgIpc) is 3.05. The molecule has 0 spiro atoms. The lowest BCUT2D eigenvalue weighted by molar-refractivity contribution is -0.120. The van der Waals surface area contributed by atoms with Gasteiger partial charge in [-0.3, -0.25) is 9.59 Å². The second-order valence-electron chi connectivity index (χ2n) is 6.65. The number of phenolic OH excluding ortho intramolecular Hbond substituents is 2. The van der Waals surface area contributed by atoms with Crippen LogP contribution in [0.3, 0.4) is 0 Å². The first-order valence-corrected chi connectivity index (χ1v) is 8.95. The summed E-state index contributed by atoms with van der Waals surface area (Å²) in [5.41, 5.74) is 5.45. The van der Waals surface area contributed by atoms with Crippen molar-refractivity contribution in [2.24, 2.45) is 12.1 Å². The quantitative estimate of drug-likeness (QED) is 0.260. The van der Waals surface area contributed by atoms with Crippen molar-refractivity contribution in [2.75, 3.05) is 0 Å². The number of para-hydroxylation sites is 1. The van der Waals surface area contributed by atoms with Crippen molar-refractivity contribution in [3.05, 3.63) is 82.7 Å². The van der Waals surface area contributed by atoms with Gasteiger partial charge in [-0.1, -0.05) is 35.9 Å². The molecule has 0 atom stereocenters. The number of phenols is 2. The van der Waals surface area contributed by atoms with E-state index < -0.39 is 0 Å². The van der Waals surface area contributed by atoms with Gasteiger partial charge in [0.2, 0.25) is 11.7 Å². The zero-order valence-corrected chi connectivity index (χ0v) is 16.1. The minimum Gasteiger partial charge on any atom is -0.504 e. The molecule has 0 bridgehead atoms. The Balaban J connectivity index is 1.65. The Hall–Kier alpha value is -3.87. The van der Waals surface area contributed by atoms with E-state index in [1.807, 2.05) is 19.1 Å². The lowest BCUT2D eigenvalue weighted by Gasteiger charge is -2.07. The van der Waals surface area contributed by atoms with Gasteiger partial charge in [0.05, 0.1) is 18.3 Å². The number of rotatable bonds is 6. The number of ketones is 1. The summed E-state index contributed by atoms with van der Waals surface area (Å²) in [6.07, 6.45) is 1.27. The van der Waals surface area contributed by atoms with E-state index in [1.54, 1.807) is 48.0 Å². The van der Waals surface area contributed by atoms with E-state index in [0.717, 1.165) is 5.56 Å². The fraction of sp³-hybridized carbons (Fsp3) is 0.136. The lowest BCUT2D eigenvalue weighted by atomic mass is 10.1. The highest BCUT2D eigenvalue weighted by molar-refractivity contribution is 6.08. The van der Waals surface area contributed by atoms with Crippen LogP contribution in [-0.4, -0.2) is 32.7 Å². The third kappa shape index (κ3) is 4.52. The van der Waals surface area contributed by atoms with Crippen LogP contribution in [0.5, 0.6) is 11.5 Å². The smallest absolute Gasteiger partial charge is 0.245 e. The highest BCUT2D eigenvalue weighted by Gasteiger charge is 2.16. The molecular formula is C22H21N3O4. The van der Waals surface area contributed by atoms with Gasteiger partial charge >= 0.3 is 0 Å².